The second-order valence-electron chi connectivity index (χ2n) is 4.89. The zero-order valence-electron chi connectivity index (χ0n) is 9.26. The maximum absolute atomic E-state index is 10.0. The fraction of sp³-hybridized carbons (Fsp3) is 0.700. The van der Waals surface area contributed by atoms with Crippen LogP contribution in [0.5, 0.6) is 0 Å². The summed E-state index contributed by atoms with van der Waals surface area (Å²) >= 11 is 0. The number of hydrogen-bond acceptors (Lipinski definition) is 3. The number of nitrogens with two attached hydrogens (primary N) is 1. The first kappa shape index (κ1) is 11.2. The fourth-order valence-electron chi connectivity index (χ4n) is 1.38. The standard InChI is InChI=1S/C10H19N3O/c1-9(2,3)8-7(5-12-13-8)10(4,14)6-11/h5,14H,6,11H2,1-4H3,(H,12,13). The van der Waals surface area contributed by atoms with Crippen molar-refractivity contribution in [1.82, 2.24) is 10.2 Å². The third kappa shape index (κ3) is 1.96. The van der Waals surface area contributed by atoms with Crippen molar-refractivity contribution in [2.75, 3.05) is 6.54 Å². The highest BCUT2D eigenvalue weighted by Crippen LogP contribution is 2.30. The van der Waals surface area contributed by atoms with Gasteiger partial charge in [0.2, 0.25) is 0 Å². The van der Waals surface area contributed by atoms with Crippen LogP contribution in [0.3, 0.4) is 0 Å². The van der Waals surface area contributed by atoms with Crippen molar-refractivity contribution in [2.45, 2.75) is 38.7 Å². The van der Waals surface area contributed by atoms with E-state index in [2.05, 4.69) is 31.0 Å². The van der Waals surface area contributed by atoms with Crippen LogP contribution in [0, 0.1) is 0 Å². The quantitative estimate of drug-likeness (QED) is 0.658. The molecule has 1 atom stereocenters. The molecule has 1 heterocycles. The Bertz CT molecular complexity index is 309. The van der Waals surface area contributed by atoms with Gasteiger partial charge in [0.15, 0.2) is 0 Å². The molecular formula is C10H19N3O. The second-order valence-corrected chi connectivity index (χ2v) is 4.89. The van der Waals surface area contributed by atoms with Crippen LogP contribution in [0.15, 0.2) is 6.20 Å². The predicted octanol–water partition coefficient (Wildman–Crippen LogP) is 0.873. The summed E-state index contributed by atoms with van der Waals surface area (Å²) in [4.78, 5) is 0. The van der Waals surface area contributed by atoms with E-state index in [4.69, 9.17) is 5.73 Å². The lowest BCUT2D eigenvalue weighted by Crippen LogP contribution is -2.33. The summed E-state index contributed by atoms with van der Waals surface area (Å²) in [5.41, 5.74) is 6.17. The lowest BCUT2D eigenvalue weighted by atomic mass is 9.84. The molecule has 0 radical (unpaired) electrons. The second kappa shape index (κ2) is 3.37. The van der Waals surface area contributed by atoms with Crippen molar-refractivity contribution in [3.8, 4) is 0 Å². The molecule has 1 rings (SSSR count). The summed E-state index contributed by atoms with van der Waals surface area (Å²) in [6.07, 6.45) is 1.65. The Morgan fingerprint density at radius 3 is 2.43 bits per heavy atom. The lowest BCUT2D eigenvalue weighted by molar-refractivity contribution is 0.0649. The van der Waals surface area contributed by atoms with Crippen molar-refractivity contribution < 1.29 is 5.11 Å². The maximum Gasteiger partial charge on any atom is 0.102 e. The SMILES string of the molecule is CC(C)(C)c1[nH]ncc1C(C)(O)CN. The minimum Gasteiger partial charge on any atom is -0.384 e. The highest BCUT2D eigenvalue weighted by molar-refractivity contribution is 5.29. The Kier molecular flexibility index (Phi) is 2.69. The molecule has 4 heteroatoms. The Morgan fingerprint density at radius 2 is 2.00 bits per heavy atom. The van der Waals surface area contributed by atoms with Gasteiger partial charge in [-0.2, -0.15) is 5.10 Å². The first-order chi connectivity index (χ1) is 6.29. The average Bonchev–Trinajstić information content (AvgIpc) is 2.51. The molecule has 14 heavy (non-hydrogen) atoms. The molecule has 1 unspecified atom stereocenters. The Morgan fingerprint density at radius 1 is 1.43 bits per heavy atom. The Labute approximate surface area is 84.5 Å². The van der Waals surface area contributed by atoms with Crippen molar-refractivity contribution in [2.24, 2.45) is 5.73 Å². The monoisotopic (exact) mass is 197 g/mol. The van der Waals surface area contributed by atoms with Gasteiger partial charge in [-0.3, -0.25) is 5.10 Å². The maximum atomic E-state index is 10.0. The minimum absolute atomic E-state index is 0.0645. The highest BCUT2D eigenvalue weighted by atomic mass is 16.3. The molecule has 0 aliphatic carbocycles. The number of nitrogens with one attached hydrogen (secondary N) is 1. The van der Waals surface area contributed by atoms with E-state index in [-0.39, 0.29) is 12.0 Å². The van der Waals surface area contributed by atoms with Crippen LogP contribution in [0.2, 0.25) is 0 Å². The number of hydrogen-bond donors (Lipinski definition) is 3. The van der Waals surface area contributed by atoms with Crippen molar-refractivity contribution in [3.05, 3.63) is 17.5 Å². The zero-order valence-corrected chi connectivity index (χ0v) is 9.26. The van der Waals surface area contributed by atoms with Gasteiger partial charge in [0.1, 0.15) is 5.60 Å². The molecular weight excluding hydrogens is 178 g/mol. The zero-order chi connectivity index (χ0) is 11.0. The summed E-state index contributed by atoms with van der Waals surface area (Å²) in [6.45, 7) is 8.09. The molecule has 0 saturated carbocycles. The number of aliphatic hydroxyl groups is 1. The molecule has 0 spiro atoms. The van der Waals surface area contributed by atoms with E-state index in [9.17, 15) is 5.11 Å². The molecule has 0 saturated heterocycles. The van der Waals surface area contributed by atoms with Gasteiger partial charge in [0.05, 0.1) is 6.20 Å². The molecule has 80 valence electrons. The van der Waals surface area contributed by atoms with E-state index in [0.717, 1.165) is 11.3 Å². The fourth-order valence-corrected chi connectivity index (χ4v) is 1.38. The highest BCUT2D eigenvalue weighted by Gasteiger charge is 2.30. The average molecular weight is 197 g/mol. The van der Waals surface area contributed by atoms with Crippen molar-refractivity contribution >= 4 is 0 Å². The third-order valence-corrected chi connectivity index (χ3v) is 2.37. The van der Waals surface area contributed by atoms with Crippen LogP contribution in [-0.2, 0) is 11.0 Å². The van der Waals surface area contributed by atoms with E-state index in [0.29, 0.717) is 0 Å². The summed E-state index contributed by atoms with van der Waals surface area (Å²) in [5.74, 6) is 0. The summed E-state index contributed by atoms with van der Waals surface area (Å²) in [5, 5.41) is 16.9. The minimum atomic E-state index is -1.00. The van der Waals surface area contributed by atoms with Gasteiger partial charge in [-0.25, -0.2) is 0 Å². The summed E-state index contributed by atoms with van der Waals surface area (Å²) in [7, 11) is 0. The number of rotatable bonds is 2. The molecule has 4 nitrogen and oxygen atoms in total. The predicted molar refractivity (Wildman–Crippen MR) is 55.9 cm³/mol. The van der Waals surface area contributed by atoms with Gasteiger partial charge in [-0.05, 0) is 6.92 Å². The van der Waals surface area contributed by atoms with E-state index >= 15 is 0 Å². The van der Waals surface area contributed by atoms with Crippen LogP contribution in [0.4, 0.5) is 0 Å². The van der Waals surface area contributed by atoms with E-state index in [1.165, 1.54) is 0 Å². The first-order valence-electron chi connectivity index (χ1n) is 4.76. The summed E-state index contributed by atoms with van der Waals surface area (Å²) < 4.78 is 0. The van der Waals surface area contributed by atoms with Crippen LogP contribution in [0.1, 0.15) is 39.0 Å². The first-order valence-corrected chi connectivity index (χ1v) is 4.76. The number of H-pyrrole nitrogens is 1. The lowest BCUT2D eigenvalue weighted by Gasteiger charge is -2.26. The van der Waals surface area contributed by atoms with Gasteiger partial charge in [0, 0.05) is 23.2 Å². The largest absolute Gasteiger partial charge is 0.384 e. The van der Waals surface area contributed by atoms with Crippen molar-refractivity contribution in [1.29, 1.82) is 0 Å². The van der Waals surface area contributed by atoms with Gasteiger partial charge >= 0.3 is 0 Å². The molecule has 0 fully saturated rings. The van der Waals surface area contributed by atoms with Crippen molar-refractivity contribution in [3.63, 3.8) is 0 Å². The molecule has 4 N–H and O–H groups in total. The molecule has 0 bridgehead atoms. The van der Waals surface area contributed by atoms with Gasteiger partial charge < -0.3 is 10.8 Å². The van der Waals surface area contributed by atoms with Crippen LogP contribution in [0.25, 0.3) is 0 Å². The van der Waals surface area contributed by atoms with Crippen LogP contribution >= 0.6 is 0 Å². The van der Waals surface area contributed by atoms with E-state index < -0.39 is 5.60 Å². The topological polar surface area (TPSA) is 74.9 Å². The number of aromatic amines is 1. The van der Waals surface area contributed by atoms with Crippen LogP contribution < -0.4 is 5.73 Å². The number of nitrogens with zero attached hydrogens (tertiary/aromatic N) is 1. The normalized spacial score (nSPS) is 16.7. The Balaban J connectivity index is 3.18. The van der Waals surface area contributed by atoms with Gasteiger partial charge in [0.25, 0.3) is 0 Å². The van der Waals surface area contributed by atoms with Crippen LogP contribution in [-0.4, -0.2) is 21.8 Å². The molecule has 0 aliphatic heterocycles. The Hall–Kier alpha value is -0.870. The van der Waals surface area contributed by atoms with Gasteiger partial charge in [-0.15, -0.1) is 0 Å². The number of aromatic nitrogens is 2. The molecule has 0 aromatic carbocycles. The molecule has 0 amide bonds. The smallest absolute Gasteiger partial charge is 0.102 e. The molecule has 1 aromatic rings. The molecule has 0 aliphatic rings. The van der Waals surface area contributed by atoms with E-state index in [1.807, 2.05) is 0 Å². The molecule has 1 aromatic heterocycles. The van der Waals surface area contributed by atoms with E-state index in [1.54, 1.807) is 13.1 Å². The third-order valence-electron chi connectivity index (χ3n) is 2.37. The van der Waals surface area contributed by atoms with Gasteiger partial charge in [-0.1, -0.05) is 20.8 Å². The summed E-state index contributed by atoms with van der Waals surface area (Å²) in [6, 6.07) is 0.